The molecule has 2 rings (SSSR count). The Bertz CT molecular complexity index is 551. The Balaban J connectivity index is 2.14. The van der Waals surface area contributed by atoms with Crippen molar-refractivity contribution in [3.05, 3.63) is 23.2 Å². The molecule has 1 aromatic carbocycles. The van der Waals surface area contributed by atoms with Gasteiger partial charge in [0.1, 0.15) is 0 Å². The maximum atomic E-state index is 12.4. The molecule has 2 amide bonds. The maximum absolute atomic E-state index is 12.4. The van der Waals surface area contributed by atoms with Crippen LogP contribution in [0.3, 0.4) is 0 Å². The normalized spacial score (nSPS) is 15.4. The molecule has 0 spiro atoms. The van der Waals surface area contributed by atoms with E-state index < -0.39 is 5.60 Å². The molecule has 2 N–H and O–H groups in total. The molecule has 1 aromatic rings. The number of rotatable bonds is 4. The standard InChI is InChI=1S/C17H26ClN3O2/c1-17(2,23)12-20(3)16(22)19-14-11-13(18)7-8-15(14)21-9-5-4-6-10-21/h7-8,11,23H,4-6,9-10,12H2,1-3H3,(H,19,22). The molecule has 0 saturated carbocycles. The molecule has 1 fully saturated rings. The highest BCUT2D eigenvalue weighted by Crippen LogP contribution is 2.31. The van der Waals surface area contributed by atoms with Crippen molar-refractivity contribution in [3.8, 4) is 0 Å². The first kappa shape index (κ1) is 17.9. The first-order valence-electron chi connectivity index (χ1n) is 8.05. The van der Waals surface area contributed by atoms with Crippen LogP contribution in [0.5, 0.6) is 0 Å². The highest BCUT2D eigenvalue weighted by Gasteiger charge is 2.21. The summed E-state index contributed by atoms with van der Waals surface area (Å²) < 4.78 is 0. The number of carbonyl (C=O) groups is 1. The number of piperidine rings is 1. The van der Waals surface area contributed by atoms with Gasteiger partial charge in [0.15, 0.2) is 0 Å². The second-order valence-corrected chi connectivity index (χ2v) is 7.24. The first-order valence-corrected chi connectivity index (χ1v) is 8.43. The molecule has 0 atom stereocenters. The minimum Gasteiger partial charge on any atom is -0.389 e. The van der Waals surface area contributed by atoms with Gasteiger partial charge in [-0.15, -0.1) is 0 Å². The summed E-state index contributed by atoms with van der Waals surface area (Å²) in [5.74, 6) is 0. The summed E-state index contributed by atoms with van der Waals surface area (Å²) in [7, 11) is 1.67. The number of hydrogen-bond donors (Lipinski definition) is 2. The lowest BCUT2D eigenvalue weighted by Gasteiger charge is -2.31. The van der Waals surface area contributed by atoms with Crippen LogP contribution in [0.4, 0.5) is 16.2 Å². The highest BCUT2D eigenvalue weighted by molar-refractivity contribution is 6.31. The quantitative estimate of drug-likeness (QED) is 0.881. The topological polar surface area (TPSA) is 55.8 Å². The highest BCUT2D eigenvalue weighted by atomic mass is 35.5. The van der Waals surface area contributed by atoms with Crippen molar-refractivity contribution >= 4 is 29.0 Å². The third-order valence-corrected chi connectivity index (χ3v) is 4.10. The number of hydrogen-bond acceptors (Lipinski definition) is 3. The summed E-state index contributed by atoms with van der Waals surface area (Å²) in [6, 6.07) is 5.33. The van der Waals surface area contributed by atoms with Crippen LogP contribution in [-0.2, 0) is 0 Å². The van der Waals surface area contributed by atoms with Gasteiger partial charge >= 0.3 is 6.03 Å². The van der Waals surface area contributed by atoms with E-state index in [1.165, 1.54) is 11.3 Å². The number of nitrogens with one attached hydrogen (secondary N) is 1. The van der Waals surface area contributed by atoms with Gasteiger partial charge in [-0.2, -0.15) is 0 Å². The maximum Gasteiger partial charge on any atom is 0.321 e. The van der Waals surface area contributed by atoms with E-state index in [4.69, 9.17) is 11.6 Å². The van der Waals surface area contributed by atoms with Gasteiger partial charge in [-0.25, -0.2) is 4.79 Å². The number of urea groups is 1. The molecule has 0 aromatic heterocycles. The van der Waals surface area contributed by atoms with Crippen molar-refractivity contribution < 1.29 is 9.90 Å². The number of halogens is 1. The number of nitrogens with zero attached hydrogens (tertiary/aromatic N) is 2. The van der Waals surface area contributed by atoms with Gasteiger partial charge in [-0.1, -0.05) is 11.6 Å². The van der Waals surface area contributed by atoms with Gasteiger partial charge in [0.25, 0.3) is 0 Å². The van der Waals surface area contributed by atoms with E-state index in [1.807, 2.05) is 12.1 Å². The Kier molecular flexibility index (Phi) is 5.76. The average Bonchev–Trinajstić information content (AvgIpc) is 2.46. The molecule has 1 aliphatic rings. The SMILES string of the molecule is CN(CC(C)(C)O)C(=O)Nc1cc(Cl)ccc1N1CCCCC1. The Morgan fingerprint density at radius 1 is 1.35 bits per heavy atom. The van der Waals surface area contributed by atoms with Crippen molar-refractivity contribution in [3.63, 3.8) is 0 Å². The van der Waals surface area contributed by atoms with Gasteiger partial charge < -0.3 is 20.2 Å². The van der Waals surface area contributed by atoms with Crippen LogP contribution in [0.1, 0.15) is 33.1 Å². The van der Waals surface area contributed by atoms with Gasteiger partial charge in [-0.3, -0.25) is 0 Å². The van der Waals surface area contributed by atoms with E-state index in [2.05, 4.69) is 10.2 Å². The molecule has 128 valence electrons. The Morgan fingerprint density at radius 2 is 2.00 bits per heavy atom. The monoisotopic (exact) mass is 339 g/mol. The molecule has 1 saturated heterocycles. The number of benzene rings is 1. The summed E-state index contributed by atoms with van der Waals surface area (Å²) in [5, 5.41) is 13.4. The number of aliphatic hydroxyl groups is 1. The zero-order valence-electron chi connectivity index (χ0n) is 14.1. The van der Waals surface area contributed by atoms with Crippen LogP contribution >= 0.6 is 11.6 Å². The predicted molar refractivity (Wildman–Crippen MR) is 95.5 cm³/mol. The number of carbonyl (C=O) groups excluding carboxylic acids is 1. The fraction of sp³-hybridized carbons (Fsp3) is 0.588. The summed E-state index contributed by atoms with van der Waals surface area (Å²) in [6.07, 6.45) is 3.57. The Hall–Kier alpha value is -1.46. The number of amides is 2. The molecule has 6 heteroatoms. The number of likely N-dealkylation sites (N-methyl/N-ethyl adjacent to an activating group) is 1. The minimum absolute atomic E-state index is 0.248. The van der Waals surface area contributed by atoms with Gasteiger partial charge in [0.2, 0.25) is 0 Å². The molecule has 23 heavy (non-hydrogen) atoms. The molecule has 0 radical (unpaired) electrons. The number of anilines is 2. The lowest BCUT2D eigenvalue weighted by molar-refractivity contribution is 0.0550. The van der Waals surface area contributed by atoms with Crippen molar-refractivity contribution in [2.75, 3.05) is 36.9 Å². The summed E-state index contributed by atoms with van der Waals surface area (Å²) in [5.41, 5.74) is 0.780. The van der Waals surface area contributed by atoms with Gasteiger partial charge in [0, 0.05) is 25.2 Å². The van der Waals surface area contributed by atoms with Gasteiger partial charge in [-0.05, 0) is 51.3 Å². The third-order valence-electron chi connectivity index (χ3n) is 3.87. The fourth-order valence-corrected chi connectivity index (χ4v) is 3.05. The summed E-state index contributed by atoms with van der Waals surface area (Å²) >= 11 is 6.10. The fourth-order valence-electron chi connectivity index (χ4n) is 2.88. The van der Waals surface area contributed by atoms with Crippen LogP contribution in [-0.4, -0.2) is 48.3 Å². The second kappa shape index (κ2) is 7.41. The minimum atomic E-state index is -0.934. The van der Waals surface area contributed by atoms with Crippen molar-refractivity contribution in [1.29, 1.82) is 0 Å². The van der Waals surface area contributed by atoms with Gasteiger partial charge in [0.05, 0.1) is 23.5 Å². The van der Waals surface area contributed by atoms with E-state index in [0.29, 0.717) is 10.7 Å². The van der Waals surface area contributed by atoms with E-state index in [0.717, 1.165) is 31.6 Å². The van der Waals surface area contributed by atoms with E-state index in [9.17, 15) is 9.90 Å². The summed E-state index contributed by atoms with van der Waals surface area (Å²) in [4.78, 5) is 16.1. The van der Waals surface area contributed by atoms with Crippen LogP contribution < -0.4 is 10.2 Å². The molecule has 1 heterocycles. The van der Waals surface area contributed by atoms with E-state index in [-0.39, 0.29) is 12.6 Å². The Morgan fingerprint density at radius 3 is 2.61 bits per heavy atom. The average molecular weight is 340 g/mol. The second-order valence-electron chi connectivity index (χ2n) is 6.81. The molecular weight excluding hydrogens is 314 g/mol. The largest absolute Gasteiger partial charge is 0.389 e. The lowest BCUT2D eigenvalue weighted by Crippen LogP contribution is -2.42. The summed E-state index contributed by atoms with van der Waals surface area (Å²) in [6.45, 7) is 5.58. The molecule has 1 aliphatic heterocycles. The van der Waals surface area contributed by atoms with Crippen LogP contribution in [0.25, 0.3) is 0 Å². The van der Waals surface area contributed by atoms with Crippen molar-refractivity contribution in [2.24, 2.45) is 0 Å². The molecule has 0 unspecified atom stereocenters. The van der Waals surface area contributed by atoms with Crippen molar-refractivity contribution in [2.45, 2.75) is 38.7 Å². The predicted octanol–water partition coefficient (Wildman–Crippen LogP) is 3.56. The first-order chi connectivity index (χ1) is 10.8. The molecule has 5 nitrogen and oxygen atoms in total. The van der Waals surface area contributed by atoms with Crippen LogP contribution in [0, 0.1) is 0 Å². The third kappa shape index (κ3) is 5.29. The zero-order valence-corrected chi connectivity index (χ0v) is 14.9. The molecular formula is C17H26ClN3O2. The molecule has 0 aliphatic carbocycles. The van der Waals surface area contributed by atoms with E-state index >= 15 is 0 Å². The van der Waals surface area contributed by atoms with Crippen LogP contribution in [0.2, 0.25) is 5.02 Å². The molecule has 0 bridgehead atoms. The lowest BCUT2D eigenvalue weighted by atomic mass is 10.1. The van der Waals surface area contributed by atoms with E-state index in [1.54, 1.807) is 27.0 Å². The van der Waals surface area contributed by atoms with Crippen molar-refractivity contribution in [1.82, 2.24) is 4.90 Å². The van der Waals surface area contributed by atoms with Crippen LogP contribution in [0.15, 0.2) is 18.2 Å². The smallest absolute Gasteiger partial charge is 0.321 e. The zero-order chi connectivity index (χ0) is 17.0. The Labute approximate surface area is 143 Å².